The smallest absolute Gasteiger partial charge is 0.691 e. The van der Waals surface area contributed by atoms with Crippen LogP contribution in [0, 0.1) is 34.6 Å². The molecule has 0 atom stereocenters. The van der Waals surface area contributed by atoms with Crippen LogP contribution < -0.4 is 45.4 Å². The molecule has 0 saturated heterocycles. The van der Waals surface area contributed by atoms with Crippen molar-refractivity contribution in [1.82, 2.24) is 0 Å². The van der Waals surface area contributed by atoms with Crippen molar-refractivity contribution in [1.29, 1.82) is 0 Å². The van der Waals surface area contributed by atoms with Gasteiger partial charge in [0.15, 0.2) is 0 Å². The summed E-state index contributed by atoms with van der Waals surface area (Å²) in [5, 5.41) is 17.4. The first kappa shape index (κ1) is 20.8. The SMILES string of the molecule is [Na+].[O-]OOSC#CC#CC#CP(c1ccccc1)c1ccccc1. The largest absolute Gasteiger partial charge is 1.00 e. The Morgan fingerprint density at radius 3 is 1.88 bits per heavy atom. The van der Waals surface area contributed by atoms with Crippen LogP contribution >= 0.6 is 20.0 Å². The molecule has 0 aromatic heterocycles. The first-order valence-electron chi connectivity index (χ1n) is 6.45. The summed E-state index contributed by atoms with van der Waals surface area (Å²) >= 11 is 0.569. The quantitative estimate of drug-likeness (QED) is 0.132. The van der Waals surface area contributed by atoms with E-state index in [1.54, 1.807) is 0 Å². The third-order valence-electron chi connectivity index (χ3n) is 2.54. The molecule has 6 heteroatoms. The number of hydrogen-bond donors (Lipinski definition) is 0. The molecule has 0 heterocycles. The van der Waals surface area contributed by atoms with E-state index in [1.807, 2.05) is 36.4 Å². The van der Waals surface area contributed by atoms with Crippen molar-refractivity contribution in [2.75, 3.05) is 0 Å². The van der Waals surface area contributed by atoms with Crippen LogP contribution in [0.25, 0.3) is 0 Å². The first-order valence-corrected chi connectivity index (χ1v) is 8.53. The van der Waals surface area contributed by atoms with E-state index in [2.05, 4.69) is 68.2 Å². The minimum absolute atomic E-state index is 0. The van der Waals surface area contributed by atoms with E-state index in [1.165, 1.54) is 10.6 Å². The van der Waals surface area contributed by atoms with Crippen molar-refractivity contribution in [3.8, 4) is 34.6 Å². The average molecular weight is 360 g/mol. The summed E-state index contributed by atoms with van der Waals surface area (Å²) in [6, 6.07) is 20.2. The predicted octanol–water partition coefficient (Wildman–Crippen LogP) is -1.08. The monoisotopic (exact) mass is 360 g/mol. The number of benzene rings is 2. The van der Waals surface area contributed by atoms with Crippen molar-refractivity contribution >= 4 is 30.6 Å². The van der Waals surface area contributed by atoms with E-state index < -0.39 is 7.92 Å². The molecular formula is C18H10NaO3PS. The molecule has 2 rings (SSSR count). The Bertz CT molecular complexity index is 756. The minimum Gasteiger partial charge on any atom is -0.691 e. The number of rotatable bonds is 4. The van der Waals surface area contributed by atoms with E-state index in [9.17, 15) is 5.26 Å². The summed E-state index contributed by atoms with van der Waals surface area (Å²) < 4.78 is 3.98. The van der Waals surface area contributed by atoms with Gasteiger partial charge in [-0.3, -0.25) is 5.04 Å². The Labute approximate surface area is 169 Å². The Hall–Kier alpha value is -1.22. The summed E-state index contributed by atoms with van der Waals surface area (Å²) in [5.41, 5.74) is 3.22. The van der Waals surface area contributed by atoms with Crippen LogP contribution in [0.15, 0.2) is 60.7 Å². The Morgan fingerprint density at radius 2 is 1.33 bits per heavy atom. The molecule has 0 N–H and O–H groups in total. The Balaban J connectivity index is 0.00000288. The topological polar surface area (TPSA) is 41.5 Å². The van der Waals surface area contributed by atoms with E-state index in [4.69, 9.17) is 0 Å². The van der Waals surface area contributed by atoms with E-state index >= 15 is 0 Å². The Morgan fingerprint density at radius 1 is 0.792 bits per heavy atom. The van der Waals surface area contributed by atoms with Crippen LogP contribution in [-0.2, 0) is 9.37 Å². The summed E-state index contributed by atoms with van der Waals surface area (Å²) in [7, 11) is -0.784. The van der Waals surface area contributed by atoms with Gasteiger partial charge >= 0.3 is 29.6 Å². The van der Waals surface area contributed by atoms with Gasteiger partial charge < -0.3 is 5.26 Å². The third kappa shape index (κ3) is 7.57. The molecule has 0 aliphatic carbocycles. The molecule has 0 aliphatic heterocycles. The third-order valence-corrected chi connectivity index (χ3v) is 4.81. The molecule has 0 unspecified atom stereocenters. The van der Waals surface area contributed by atoms with Gasteiger partial charge in [-0.1, -0.05) is 66.3 Å². The second kappa shape index (κ2) is 13.1. The van der Waals surface area contributed by atoms with Crippen molar-refractivity contribution in [3.63, 3.8) is 0 Å². The van der Waals surface area contributed by atoms with Gasteiger partial charge in [0.05, 0.1) is 0 Å². The minimum atomic E-state index is -0.784. The zero-order chi connectivity index (χ0) is 16.2. The summed E-state index contributed by atoms with van der Waals surface area (Å²) in [4.78, 5) is 0. The maximum atomic E-state index is 9.54. The standard InChI is InChI=1S/C18H11O3PS.Na/c19-20-21-23-16-10-2-1-9-15-22(17-11-5-3-6-12-17)18-13-7-4-8-14-18;/h3-8,11-14,19H;/q;+1/p-1. The molecule has 112 valence electrons. The van der Waals surface area contributed by atoms with E-state index in [0.717, 1.165) is 0 Å². The van der Waals surface area contributed by atoms with Crippen LogP contribution in [0.4, 0.5) is 0 Å². The molecule has 0 saturated carbocycles. The zero-order valence-corrected chi connectivity index (χ0v) is 16.6. The molecular weight excluding hydrogens is 350 g/mol. The maximum Gasteiger partial charge on any atom is 1.00 e. The van der Waals surface area contributed by atoms with Gasteiger partial charge in [0.1, 0.15) is 12.0 Å². The van der Waals surface area contributed by atoms with Gasteiger partial charge in [0, 0.05) is 19.1 Å². The number of hydrogen-bond acceptors (Lipinski definition) is 4. The van der Waals surface area contributed by atoms with Gasteiger partial charge in [-0.2, -0.15) is 4.33 Å². The van der Waals surface area contributed by atoms with E-state index in [0.29, 0.717) is 12.0 Å². The van der Waals surface area contributed by atoms with Crippen LogP contribution in [0.5, 0.6) is 0 Å². The van der Waals surface area contributed by atoms with Gasteiger partial charge in [-0.05, 0) is 28.4 Å². The van der Waals surface area contributed by atoms with Crippen molar-refractivity contribution in [3.05, 3.63) is 60.7 Å². The fourth-order valence-electron chi connectivity index (χ4n) is 1.66. The molecule has 0 radical (unpaired) electrons. The summed E-state index contributed by atoms with van der Waals surface area (Å²) in [6.45, 7) is 0. The molecule has 2 aromatic carbocycles. The molecule has 3 nitrogen and oxygen atoms in total. The average Bonchev–Trinajstić information content (AvgIpc) is 2.62. The van der Waals surface area contributed by atoms with Gasteiger partial charge in [-0.15, -0.1) is 0 Å². The fraction of sp³-hybridized carbons (Fsp3) is 0. The van der Waals surface area contributed by atoms with Crippen molar-refractivity contribution in [2.24, 2.45) is 0 Å². The van der Waals surface area contributed by atoms with Crippen molar-refractivity contribution < 1.29 is 44.2 Å². The summed E-state index contributed by atoms with van der Waals surface area (Å²) in [6.07, 6.45) is 0. The molecule has 0 bridgehead atoms. The molecule has 0 aliphatic rings. The molecule has 0 amide bonds. The van der Waals surface area contributed by atoms with Crippen LogP contribution in [0.1, 0.15) is 0 Å². The van der Waals surface area contributed by atoms with Gasteiger partial charge in [0.2, 0.25) is 0 Å². The van der Waals surface area contributed by atoms with Gasteiger partial charge in [-0.25, -0.2) is 0 Å². The molecule has 0 fully saturated rings. The van der Waals surface area contributed by atoms with Crippen LogP contribution in [0.2, 0.25) is 0 Å². The first-order chi connectivity index (χ1) is 11.4. The molecule has 2 aromatic rings. The predicted molar refractivity (Wildman–Crippen MR) is 92.2 cm³/mol. The molecule has 24 heavy (non-hydrogen) atoms. The second-order valence-electron chi connectivity index (χ2n) is 3.94. The maximum absolute atomic E-state index is 9.54. The normalized spacial score (nSPS) is 8.58. The second-order valence-corrected chi connectivity index (χ2v) is 6.37. The van der Waals surface area contributed by atoms with Gasteiger partial charge in [0.25, 0.3) is 0 Å². The zero-order valence-electron chi connectivity index (χ0n) is 12.9. The molecule has 0 spiro atoms. The Kier molecular flexibility index (Phi) is 11.4. The van der Waals surface area contributed by atoms with Crippen LogP contribution in [-0.4, -0.2) is 0 Å². The van der Waals surface area contributed by atoms with Crippen LogP contribution in [0.3, 0.4) is 0 Å². The fourth-order valence-corrected chi connectivity index (χ4v) is 3.47. The van der Waals surface area contributed by atoms with Crippen molar-refractivity contribution in [2.45, 2.75) is 0 Å². The van der Waals surface area contributed by atoms with E-state index in [-0.39, 0.29) is 29.6 Å². The summed E-state index contributed by atoms with van der Waals surface area (Å²) in [5.74, 6) is 10.6.